The summed E-state index contributed by atoms with van der Waals surface area (Å²) in [5.74, 6) is -1.07. The van der Waals surface area contributed by atoms with Crippen LogP contribution in [0.1, 0.15) is 25.7 Å². The number of aliphatic carboxylic acids is 1. The van der Waals surface area contributed by atoms with Gasteiger partial charge in [-0.15, -0.1) is 11.8 Å². The lowest BCUT2D eigenvalue weighted by Crippen LogP contribution is -2.48. The Morgan fingerprint density at radius 2 is 2.06 bits per heavy atom. The summed E-state index contributed by atoms with van der Waals surface area (Å²) in [4.78, 5) is 12.1. The van der Waals surface area contributed by atoms with Gasteiger partial charge in [-0.05, 0) is 49.3 Å². The van der Waals surface area contributed by atoms with E-state index < -0.39 is 10.7 Å². The molecule has 4 heteroatoms. The van der Waals surface area contributed by atoms with Crippen LogP contribution in [0.5, 0.6) is 0 Å². The largest absolute Gasteiger partial charge is 0.480 e. The number of hydrogen-bond donors (Lipinski definition) is 1. The average molecular weight is 252 g/mol. The van der Waals surface area contributed by atoms with Crippen molar-refractivity contribution in [1.29, 1.82) is 0 Å². The standard InChI is InChI=1S/C13H13FO2S/c14-9-2-1-3-10(6-9)17-13(11(15)16)7-12(8-13)4-5-12/h1-3,6H,4-5,7-8H2,(H,15,16). The van der Waals surface area contributed by atoms with Gasteiger partial charge in [-0.25, -0.2) is 4.39 Å². The van der Waals surface area contributed by atoms with Crippen molar-refractivity contribution in [2.24, 2.45) is 5.41 Å². The van der Waals surface area contributed by atoms with Gasteiger partial charge in [-0.2, -0.15) is 0 Å². The maximum absolute atomic E-state index is 13.1. The molecule has 0 heterocycles. The summed E-state index contributed by atoms with van der Waals surface area (Å²) in [6, 6.07) is 6.18. The molecule has 0 saturated heterocycles. The fraction of sp³-hybridized carbons (Fsp3) is 0.462. The van der Waals surface area contributed by atoms with Gasteiger partial charge in [0.2, 0.25) is 0 Å². The van der Waals surface area contributed by atoms with E-state index in [1.807, 2.05) is 0 Å². The van der Waals surface area contributed by atoms with Crippen LogP contribution in [0, 0.1) is 11.2 Å². The van der Waals surface area contributed by atoms with Crippen molar-refractivity contribution < 1.29 is 14.3 Å². The zero-order valence-electron chi connectivity index (χ0n) is 9.28. The zero-order valence-corrected chi connectivity index (χ0v) is 10.1. The normalized spacial score (nSPS) is 23.1. The molecule has 1 spiro atoms. The van der Waals surface area contributed by atoms with E-state index in [0.717, 1.165) is 25.7 Å². The summed E-state index contributed by atoms with van der Waals surface area (Å²) < 4.78 is 12.4. The maximum atomic E-state index is 13.1. The van der Waals surface area contributed by atoms with Crippen LogP contribution in [0.2, 0.25) is 0 Å². The van der Waals surface area contributed by atoms with Gasteiger partial charge in [-0.3, -0.25) is 4.79 Å². The molecule has 0 radical (unpaired) electrons. The highest BCUT2D eigenvalue weighted by Crippen LogP contribution is 2.69. The van der Waals surface area contributed by atoms with Gasteiger partial charge in [0.1, 0.15) is 10.6 Å². The molecule has 0 amide bonds. The molecular formula is C13H13FO2S. The van der Waals surface area contributed by atoms with E-state index in [0.29, 0.717) is 10.3 Å². The fourth-order valence-corrected chi connectivity index (χ4v) is 4.33. The van der Waals surface area contributed by atoms with E-state index in [9.17, 15) is 14.3 Å². The molecule has 17 heavy (non-hydrogen) atoms. The quantitative estimate of drug-likeness (QED) is 0.896. The Kier molecular flexibility index (Phi) is 2.27. The Balaban J connectivity index is 1.80. The zero-order chi connectivity index (χ0) is 12.1. The van der Waals surface area contributed by atoms with Gasteiger partial charge in [0.25, 0.3) is 0 Å². The number of rotatable bonds is 3. The first kappa shape index (κ1) is 11.1. The van der Waals surface area contributed by atoms with E-state index >= 15 is 0 Å². The molecule has 2 aliphatic rings. The summed E-state index contributed by atoms with van der Waals surface area (Å²) in [6.45, 7) is 0. The molecular weight excluding hydrogens is 239 g/mol. The van der Waals surface area contributed by atoms with Crippen LogP contribution in [-0.4, -0.2) is 15.8 Å². The fourth-order valence-electron chi connectivity index (χ4n) is 2.71. The van der Waals surface area contributed by atoms with Gasteiger partial charge in [0.15, 0.2) is 0 Å². The van der Waals surface area contributed by atoms with Gasteiger partial charge in [0.05, 0.1) is 0 Å². The molecule has 1 aromatic carbocycles. The molecule has 0 atom stereocenters. The first-order valence-corrected chi connectivity index (χ1v) is 6.53. The molecule has 0 aliphatic heterocycles. The molecule has 3 rings (SSSR count). The van der Waals surface area contributed by atoms with E-state index in [1.165, 1.54) is 23.9 Å². The van der Waals surface area contributed by atoms with Crippen molar-refractivity contribution >= 4 is 17.7 Å². The summed E-state index contributed by atoms with van der Waals surface area (Å²) >= 11 is 1.30. The average Bonchev–Trinajstić information content (AvgIpc) is 2.96. The van der Waals surface area contributed by atoms with Crippen LogP contribution in [0.15, 0.2) is 29.2 Å². The topological polar surface area (TPSA) is 37.3 Å². The monoisotopic (exact) mass is 252 g/mol. The summed E-state index contributed by atoms with van der Waals surface area (Å²) in [6.07, 6.45) is 3.78. The lowest BCUT2D eigenvalue weighted by atomic mass is 9.71. The maximum Gasteiger partial charge on any atom is 0.320 e. The Morgan fingerprint density at radius 3 is 2.59 bits per heavy atom. The Labute approximate surface area is 103 Å². The van der Waals surface area contributed by atoms with E-state index in [1.54, 1.807) is 12.1 Å². The third kappa shape index (κ3) is 1.84. The SMILES string of the molecule is O=C(O)C1(Sc2cccc(F)c2)CC2(CC2)C1. The third-order valence-corrected chi connectivity index (χ3v) is 5.12. The molecule has 1 aromatic rings. The predicted molar refractivity (Wildman–Crippen MR) is 63.5 cm³/mol. The van der Waals surface area contributed by atoms with E-state index in [-0.39, 0.29) is 5.82 Å². The molecule has 2 fully saturated rings. The van der Waals surface area contributed by atoms with Crippen LogP contribution in [0.25, 0.3) is 0 Å². The highest BCUT2D eigenvalue weighted by Gasteiger charge is 2.64. The van der Waals surface area contributed by atoms with Crippen molar-refractivity contribution in [3.63, 3.8) is 0 Å². The second-order valence-corrected chi connectivity index (χ2v) is 6.67. The second-order valence-electron chi connectivity index (χ2n) is 5.21. The molecule has 2 nitrogen and oxygen atoms in total. The summed E-state index contributed by atoms with van der Waals surface area (Å²) in [5.41, 5.74) is 0.318. The van der Waals surface area contributed by atoms with Crippen molar-refractivity contribution in [2.45, 2.75) is 35.3 Å². The van der Waals surface area contributed by atoms with Gasteiger partial charge in [-0.1, -0.05) is 6.07 Å². The lowest BCUT2D eigenvalue weighted by Gasteiger charge is -2.44. The number of thioether (sulfide) groups is 1. The lowest BCUT2D eigenvalue weighted by molar-refractivity contribution is -0.144. The number of benzene rings is 1. The van der Waals surface area contributed by atoms with Crippen molar-refractivity contribution in [3.8, 4) is 0 Å². The molecule has 0 bridgehead atoms. The molecule has 0 unspecified atom stereocenters. The summed E-state index contributed by atoms with van der Waals surface area (Å²) in [7, 11) is 0. The first-order chi connectivity index (χ1) is 8.04. The van der Waals surface area contributed by atoms with Gasteiger partial charge >= 0.3 is 5.97 Å². The van der Waals surface area contributed by atoms with Crippen LogP contribution in [0.4, 0.5) is 4.39 Å². The Bertz CT molecular complexity index is 474. The minimum atomic E-state index is -0.760. The Hall–Kier alpha value is -1.03. The predicted octanol–water partition coefficient (Wildman–Crippen LogP) is 3.32. The van der Waals surface area contributed by atoms with Gasteiger partial charge in [0, 0.05) is 4.90 Å². The Morgan fingerprint density at radius 1 is 1.35 bits per heavy atom. The van der Waals surface area contributed by atoms with Crippen LogP contribution >= 0.6 is 11.8 Å². The second kappa shape index (κ2) is 3.48. The number of carbonyl (C=O) groups is 1. The van der Waals surface area contributed by atoms with Crippen LogP contribution < -0.4 is 0 Å². The molecule has 90 valence electrons. The van der Waals surface area contributed by atoms with Crippen molar-refractivity contribution in [3.05, 3.63) is 30.1 Å². The van der Waals surface area contributed by atoms with Crippen molar-refractivity contribution in [1.82, 2.24) is 0 Å². The number of carboxylic acids is 1. The smallest absolute Gasteiger partial charge is 0.320 e. The number of carboxylic acid groups (broad SMARTS) is 1. The minimum absolute atomic E-state index is 0.309. The highest BCUT2D eigenvalue weighted by atomic mass is 32.2. The van der Waals surface area contributed by atoms with E-state index in [2.05, 4.69) is 0 Å². The first-order valence-electron chi connectivity index (χ1n) is 5.72. The number of halogens is 1. The van der Waals surface area contributed by atoms with Crippen LogP contribution in [0.3, 0.4) is 0 Å². The third-order valence-electron chi connectivity index (χ3n) is 3.78. The van der Waals surface area contributed by atoms with Crippen molar-refractivity contribution in [2.75, 3.05) is 0 Å². The number of hydrogen-bond acceptors (Lipinski definition) is 2. The summed E-state index contributed by atoms with van der Waals surface area (Å²) in [5, 5.41) is 9.36. The minimum Gasteiger partial charge on any atom is -0.480 e. The van der Waals surface area contributed by atoms with E-state index in [4.69, 9.17) is 0 Å². The molecule has 2 saturated carbocycles. The molecule has 2 aliphatic carbocycles. The van der Waals surface area contributed by atoms with Gasteiger partial charge < -0.3 is 5.11 Å². The molecule has 0 aromatic heterocycles. The molecule has 1 N–H and O–H groups in total. The van der Waals surface area contributed by atoms with Crippen LogP contribution in [-0.2, 0) is 4.79 Å². The highest BCUT2D eigenvalue weighted by molar-refractivity contribution is 8.01.